The van der Waals surface area contributed by atoms with Gasteiger partial charge in [-0.15, -0.1) is 0 Å². The predicted molar refractivity (Wildman–Crippen MR) is 90.9 cm³/mol. The summed E-state index contributed by atoms with van der Waals surface area (Å²) in [6.07, 6.45) is 1.47. The molecule has 0 atom stereocenters. The Morgan fingerprint density at radius 1 is 1.29 bits per heavy atom. The van der Waals surface area contributed by atoms with Crippen LogP contribution in [0, 0.1) is 6.92 Å². The lowest BCUT2D eigenvalue weighted by Gasteiger charge is -2.08. The van der Waals surface area contributed by atoms with Crippen molar-refractivity contribution in [3.05, 3.63) is 52.5 Å². The molecule has 2 heterocycles. The molecule has 1 N–H and O–H groups in total. The van der Waals surface area contributed by atoms with E-state index < -0.39 is 5.91 Å². The zero-order valence-corrected chi connectivity index (χ0v) is 14.5. The molecule has 0 aliphatic carbocycles. The van der Waals surface area contributed by atoms with Crippen molar-refractivity contribution >= 4 is 27.7 Å². The molecule has 0 aliphatic rings. The van der Waals surface area contributed by atoms with Crippen molar-refractivity contribution in [2.75, 3.05) is 12.4 Å². The highest BCUT2D eigenvalue weighted by molar-refractivity contribution is 9.10. The fraction of sp³-hybridized carbons (Fsp3) is 0.125. The minimum Gasteiger partial charge on any atom is -0.478 e. The largest absolute Gasteiger partial charge is 0.478 e. The minimum absolute atomic E-state index is 0.202. The molecule has 2 aromatic heterocycles. The maximum absolute atomic E-state index is 12.7. The number of methoxy groups -OCH3 is 1. The Bertz CT molecular complexity index is 880. The van der Waals surface area contributed by atoms with Gasteiger partial charge >= 0.3 is 0 Å². The van der Waals surface area contributed by atoms with Gasteiger partial charge in [-0.3, -0.25) is 4.79 Å². The number of aromatic nitrogens is 3. The highest BCUT2D eigenvalue weighted by atomic mass is 79.9. The number of carbonyl (C=O) groups is 1. The van der Waals surface area contributed by atoms with Crippen LogP contribution < -0.4 is 10.1 Å². The van der Waals surface area contributed by atoms with Gasteiger partial charge in [0.2, 0.25) is 0 Å². The van der Waals surface area contributed by atoms with Crippen LogP contribution in [0.2, 0.25) is 0 Å². The van der Waals surface area contributed by atoms with Gasteiger partial charge in [-0.05, 0) is 22.9 Å². The second-order valence-corrected chi connectivity index (χ2v) is 5.65. The van der Waals surface area contributed by atoms with Gasteiger partial charge in [0.1, 0.15) is 21.6 Å². The van der Waals surface area contributed by atoms with Crippen LogP contribution in [0.1, 0.15) is 16.1 Å². The summed E-state index contributed by atoms with van der Waals surface area (Å²) in [5.74, 6) is 0.427. The van der Waals surface area contributed by atoms with E-state index in [9.17, 15) is 4.79 Å². The number of rotatable bonds is 4. The van der Waals surface area contributed by atoms with Crippen molar-refractivity contribution in [3.8, 4) is 17.1 Å². The zero-order valence-electron chi connectivity index (χ0n) is 12.9. The van der Waals surface area contributed by atoms with E-state index >= 15 is 0 Å². The molecule has 0 radical (unpaired) electrons. The van der Waals surface area contributed by atoms with E-state index in [2.05, 4.69) is 36.4 Å². The molecule has 0 unspecified atom stereocenters. The van der Waals surface area contributed by atoms with Gasteiger partial charge in [0.15, 0.2) is 5.82 Å². The lowest BCUT2D eigenvalue weighted by Crippen LogP contribution is -2.15. The van der Waals surface area contributed by atoms with E-state index in [0.717, 1.165) is 5.56 Å². The lowest BCUT2D eigenvalue weighted by atomic mass is 10.1. The molecule has 0 fully saturated rings. The minimum atomic E-state index is -0.400. The summed E-state index contributed by atoms with van der Waals surface area (Å²) in [4.78, 5) is 20.9. The van der Waals surface area contributed by atoms with Crippen molar-refractivity contribution in [1.29, 1.82) is 0 Å². The van der Waals surface area contributed by atoms with Gasteiger partial charge in [0.05, 0.1) is 13.3 Å². The fourth-order valence-corrected chi connectivity index (χ4v) is 2.45. The number of hydrogen-bond acceptors (Lipinski definition) is 6. The number of benzene rings is 1. The highest BCUT2D eigenvalue weighted by Gasteiger charge is 2.23. The van der Waals surface area contributed by atoms with Crippen LogP contribution in [-0.2, 0) is 0 Å². The lowest BCUT2D eigenvalue weighted by molar-refractivity contribution is 0.102. The normalized spacial score (nSPS) is 10.5. The molecule has 1 amide bonds. The predicted octanol–water partition coefficient (Wildman–Crippen LogP) is 3.46. The first-order chi connectivity index (χ1) is 11.6. The molecular formula is C16H13BrN4O3. The summed E-state index contributed by atoms with van der Waals surface area (Å²) in [6, 6.07) is 9.33. The smallest absolute Gasteiger partial charge is 0.262 e. The van der Waals surface area contributed by atoms with Crippen molar-refractivity contribution in [1.82, 2.24) is 15.1 Å². The molecule has 8 heteroatoms. The van der Waals surface area contributed by atoms with Gasteiger partial charge in [-0.2, -0.15) is 0 Å². The number of ether oxygens (including phenoxy) is 1. The molecule has 7 nitrogen and oxygen atoms in total. The van der Waals surface area contributed by atoms with Gasteiger partial charge in [-0.25, -0.2) is 9.97 Å². The van der Waals surface area contributed by atoms with Crippen LogP contribution in [0.4, 0.5) is 5.82 Å². The van der Waals surface area contributed by atoms with Crippen molar-refractivity contribution < 1.29 is 14.1 Å². The first-order valence-corrected chi connectivity index (χ1v) is 7.79. The van der Waals surface area contributed by atoms with E-state index in [0.29, 0.717) is 21.6 Å². The summed E-state index contributed by atoms with van der Waals surface area (Å²) in [5.41, 5.74) is 1.59. The number of hydrogen-bond donors (Lipinski definition) is 1. The third kappa shape index (κ3) is 3.13. The molecule has 0 bridgehead atoms. The van der Waals surface area contributed by atoms with Crippen LogP contribution in [0.3, 0.4) is 0 Å². The highest BCUT2D eigenvalue weighted by Crippen LogP contribution is 2.27. The SMILES string of the molecule is COc1nc(Br)cnc1NC(=O)c1c(-c2ccccc2)noc1C. The molecular weight excluding hydrogens is 376 g/mol. The second-order valence-electron chi connectivity index (χ2n) is 4.83. The van der Waals surface area contributed by atoms with Crippen LogP contribution in [0.25, 0.3) is 11.3 Å². The van der Waals surface area contributed by atoms with Gasteiger partial charge in [0, 0.05) is 5.56 Å². The number of amides is 1. The number of aryl methyl sites for hydroxylation is 1. The van der Waals surface area contributed by atoms with Crippen molar-refractivity contribution in [2.24, 2.45) is 0 Å². The average molecular weight is 389 g/mol. The summed E-state index contributed by atoms with van der Waals surface area (Å²) in [5, 5.41) is 6.68. The van der Waals surface area contributed by atoms with Gasteiger partial charge in [-0.1, -0.05) is 35.5 Å². The number of nitrogens with one attached hydrogen (secondary N) is 1. The van der Waals surface area contributed by atoms with Crippen molar-refractivity contribution in [2.45, 2.75) is 6.92 Å². The third-order valence-corrected chi connectivity index (χ3v) is 3.66. The van der Waals surface area contributed by atoms with Crippen LogP contribution in [0.15, 0.2) is 45.7 Å². The number of halogens is 1. The molecule has 1 aromatic carbocycles. The molecule has 3 aromatic rings. The number of nitrogens with zero attached hydrogens (tertiary/aromatic N) is 3. The zero-order chi connectivity index (χ0) is 17.1. The van der Waals surface area contributed by atoms with Crippen LogP contribution >= 0.6 is 15.9 Å². The molecule has 0 spiro atoms. The second kappa shape index (κ2) is 6.79. The van der Waals surface area contributed by atoms with E-state index in [-0.39, 0.29) is 11.7 Å². The molecule has 3 rings (SSSR count). The topological polar surface area (TPSA) is 90.1 Å². The summed E-state index contributed by atoms with van der Waals surface area (Å²) in [7, 11) is 1.45. The Labute approximate surface area is 146 Å². The quantitative estimate of drug-likeness (QED) is 0.735. The Hall–Kier alpha value is -2.74. The average Bonchev–Trinajstić information content (AvgIpc) is 2.99. The summed E-state index contributed by atoms with van der Waals surface area (Å²) >= 11 is 3.20. The molecule has 0 saturated carbocycles. The Morgan fingerprint density at radius 2 is 2.04 bits per heavy atom. The van der Waals surface area contributed by atoms with Crippen LogP contribution in [-0.4, -0.2) is 28.1 Å². The molecule has 0 saturated heterocycles. The molecule has 0 aliphatic heterocycles. The van der Waals surface area contributed by atoms with E-state index in [1.54, 1.807) is 6.92 Å². The van der Waals surface area contributed by atoms with Crippen LogP contribution in [0.5, 0.6) is 5.88 Å². The van der Waals surface area contributed by atoms with E-state index in [4.69, 9.17) is 9.26 Å². The Kier molecular flexibility index (Phi) is 4.57. The van der Waals surface area contributed by atoms with E-state index in [1.165, 1.54) is 13.3 Å². The maximum Gasteiger partial charge on any atom is 0.262 e. The standard InChI is InChI=1S/C16H13BrN4O3/c1-9-12(13(21-24-9)10-6-4-3-5-7-10)15(22)20-14-16(23-2)19-11(17)8-18-14/h3-8H,1-2H3,(H,18,20,22). The third-order valence-electron chi connectivity index (χ3n) is 3.27. The molecule has 122 valence electrons. The monoisotopic (exact) mass is 388 g/mol. The number of anilines is 1. The summed E-state index contributed by atoms with van der Waals surface area (Å²) in [6.45, 7) is 1.68. The first-order valence-electron chi connectivity index (χ1n) is 6.99. The Balaban J connectivity index is 1.96. The fourth-order valence-electron chi connectivity index (χ4n) is 2.18. The van der Waals surface area contributed by atoms with Gasteiger partial charge in [0.25, 0.3) is 11.8 Å². The van der Waals surface area contributed by atoms with Gasteiger partial charge < -0.3 is 14.6 Å². The molecule has 24 heavy (non-hydrogen) atoms. The Morgan fingerprint density at radius 3 is 2.75 bits per heavy atom. The summed E-state index contributed by atoms with van der Waals surface area (Å²) < 4.78 is 10.8. The number of carbonyl (C=O) groups excluding carboxylic acids is 1. The van der Waals surface area contributed by atoms with Crippen molar-refractivity contribution in [3.63, 3.8) is 0 Å². The van der Waals surface area contributed by atoms with E-state index in [1.807, 2.05) is 30.3 Å². The first kappa shape index (κ1) is 16.1. The maximum atomic E-state index is 12.7.